The SMILES string of the molecule is O=C(CN1CCN2C(=O)N([C@@H]3C[C@H]3c3ccccc3)C(=O)C2C1)Nc1ccccc1-c1ccccc1. The first-order valence-electron chi connectivity index (χ1n) is 12.5. The van der Waals surface area contributed by atoms with E-state index in [1.807, 2.05) is 77.7 Å². The summed E-state index contributed by atoms with van der Waals surface area (Å²) in [5.74, 6) is -0.0539. The maximum Gasteiger partial charge on any atom is 0.327 e. The van der Waals surface area contributed by atoms with Crippen LogP contribution in [0.1, 0.15) is 17.9 Å². The van der Waals surface area contributed by atoms with E-state index in [1.165, 1.54) is 10.5 Å². The van der Waals surface area contributed by atoms with Gasteiger partial charge in [-0.05, 0) is 23.6 Å². The van der Waals surface area contributed by atoms with Crippen molar-refractivity contribution in [1.82, 2.24) is 14.7 Å². The Morgan fingerprint density at radius 3 is 2.33 bits per heavy atom. The number of anilines is 1. The van der Waals surface area contributed by atoms with E-state index in [4.69, 9.17) is 0 Å². The van der Waals surface area contributed by atoms with E-state index in [0.717, 1.165) is 23.2 Å². The molecule has 3 atom stereocenters. The number of nitrogens with one attached hydrogen (secondary N) is 1. The Balaban J connectivity index is 1.10. The molecule has 1 saturated carbocycles. The van der Waals surface area contributed by atoms with Crippen molar-refractivity contribution in [2.24, 2.45) is 0 Å². The number of hydrogen-bond donors (Lipinski definition) is 1. The third-order valence-electron chi connectivity index (χ3n) is 7.41. The van der Waals surface area contributed by atoms with Crippen LogP contribution in [0.2, 0.25) is 0 Å². The van der Waals surface area contributed by atoms with Crippen molar-refractivity contribution in [2.45, 2.75) is 24.4 Å². The minimum Gasteiger partial charge on any atom is -0.324 e. The van der Waals surface area contributed by atoms with Crippen molar-refractivity contribution < 1.29 is 14.4 Å². The van der Waals surface area contributed by atoms with Gasteiger partial charge in [0.1, 0.15) is 6.04 Å². The molecular weight excluding hydrogens is 452 g/mol. The fourth-order valence-electron chi connectivity index (χ4n) is 5.50. The van der Waals surface area contributed by atoms with Gasteiger partial charge in [-0.15, -0.1) is 0 Å². The molecule has 3 fully saturated rings. The van der Waals surface area contributed by atoms with Crippen LogP contribution in [0.4, 0.5) is 10.5 Å². The number of carbonyl (C=O) groups is 3. The Morgan fingerprint density at radius 2 is 1.56 bits per heavy atom. The standard InChI is InChI=1S/C29H28N4O3/c34-27(30-24-14-8-7-13-22(24)20-9-3-1-4-10-20)19-31-15-16-32-26(18-31)28(35)33(29(32)36)25-17-23(25)21-11-5-2-6-12-21/h1-14,23,25-26H,15-19H2,(H,30,34)/t23-,25+,26?/m0/s1. The molecule has 0 aromatic heterocycles. The van der Waals surface area contributed by atoms with Gasteiger partial charge in [0.05, 0.1) is 6.54 Å². The molecule has 2 saturated heterocycles. The van der Waals surface area contributed by atoms with Crippen LogP contribution in [0, 0.1) is 0 Å². The Labute approximate surface area is 210 Å². The van der Waals surface area contributed by atoms with Crippen LogP contribution >= 0.6 is 0 Å². The number of para-hydroxylation sites is 1. The predicted octanol–water partition coefficient (Wildman–Crippen LogP) is 3.80. The van der Waals surface area contributed by atoms with Gasteiger partial charge in [0.25, 0.3) is 5.91 Å². The molecule has 2 heterocycles. The van der Waals surface area contributed by atoms with Crippen LogP contribution in [0.3, 0.4) is 0 Å². The maximum absolute atomic E-state index is 13.3. The van der Waals surface area contributed by atoms with Crippen molar-refractivity contribution in [1.29, 1.82) is 0 Å². The molecule has 1 N–H and O–H groups in total. The lowest BCUT2D eigenvalue weighted by molar-refractivity contribution is -0.130. The number of carbonyl (C=O) groups excluding carboxylic acids is 3. The van der Waals surface area contributed by atoms with Crippen LogP contribution in [-0.2, 0) is 9.59 Å². The van der Waals surface area contributed by atoms with Crippen molar-refractivity contribution >= 4 is 23.5 Å². The summed E-state index contributed by atoms with van der Waals surface area (Å²) in [7, 11) is 0. The van der Waals surface area contributed by atoms with Crippen molar-refractivity contribution in [3.05, 3.63) is 90.5 Å². The molecule has 7 nitrogen and oxygen atoms in total. The molecular formula is C29H28N4O3. The quantitative estimate of drug-likeness (QED) is 0.545. The number of amides is 4. The zero-order valence-corrected chi connectivity index (χ0v) is 19.9. The lowest BCUT2D eigenvalue weighted by Gasteiger charge is -2.34. The Bertz CT molecular complexity index is 1300. The smallest absolute Gasteiger partial charge is 0.324 e. The number of urea groups is 1. The Hall–Kier alpha value is -3.97. The maximum atomic E-state index is 13.3. The Morgan fingerprint density at radius 1 is 0.861 bits per heavy atom. The number of benzene rings is 3. The summed E-state index contributed by atoms with van der Waals surface area (Å²) in [6, 6.07) is 27.0. The lowest BCUT2D eigenvalue weighted by Crippen LogP contribution is -2.54. The molecule has 0 spiro atoms. The van der Waals surface area contributed by atoms with Gasteiger partial charge in [-0.25, -0.2) is 4.79 Å². The van der Waals surface area contributed by atoms with E-state index in [9.17, 15) is 14.4 Å². The van der Waals surface area contributed by atoms with Gasteiger partial charge in [-0.3, -0.25) is 19.4 Å². The van der Waals surface area contributed by atoms with E-state index in [2.05, 4.69) is 17.4 Å². The van der Waals surface area contributed by atoms with Crippen LogP contribution in [0.25, 0.3) is 11.1 Å². The zero-order chi connectivity index (χ0) is 24.6. The van der Waals surface area contributed by atoms with Gasteiger partial charge >= 0.3 is 6.03 Å². The van der Waals surface area contributed by atoms with E-state index >= 15 is 0 Å². The highest BCUT2D eigenvalue weighted by molar-refractivity contribution is 6.05. The molecule has 182 valence electrons. The first-order chi connectivity index (χ1) is 17.6. The largest absolute Gasteiger partial charge is 0.327 e. The minimum absolute atomic E-state index is 0.0655. The van der Waals surface area contributed by atoms with Crippen LogP contribution in [0.5, 0.6) is 0 Å². The number of fused-ring (bicyclic) bond motifs is 1. The number of rotatable bonds is 6. The average Bonchev–Trinajstić information content (AvgIpc) is 3.65. The summed E-state index contributed by atoms with van der Waals surface area (Å²) >= 11 is 0. The average molecular weight is 481 g/mol. The Kier molecular flexibility index (Phi) is 5.77. The molecule has 1 aliphatic carbocycles. The molecule has 36 heavy (non-hydrogen) atoms. The van der Waals surface area contributed by atoms with Gasteiger partial charge < -0.3 is 10.2 Å². The second-order valence-corrected chi connectivity index (χ2v) is 9.72. The summed E-state index contributed by atoms with van der Waals surface area (Å²) in [5, 5.41) is 3.04. The highest BCUT2D eigenvalue weighted by Gasteiger charge is 2.56. The first kappa shape index (κ1) is 22.5. The van der Waals surface area contributed by atoms with E-state index in [0.29, 0.717) is 19.6 Å². The summed E-state index contributed by atoms with van der Waals surface area (Å²) in [5.41, 5.74) is 3.92. The third-order valence-corrected chi connectivity index (χ3v) is 7.41. The summed E-state index contributed by atoms with van der Waals surface area (Å²) in [6.07, 6.45) is 0.814. The molecule has 0 radical (unpaired) electrons. The monoisotopic (exact) mass is 480 g/mol. The van der Waals surface area contributed by atoms with E-state index in [-0.39, 0.29) is 36.3 Å². The number of piperazine rings is 1. The van der Waals surface area contributed by atoms with E-state index in [1.54, 1.807) is 4.90 Å². The van der Waals surface area contributed by atoms with E-state index < -0.39 is 6.04 Å². The van der Waals surface area contributed by atoms with Crippen molar-refractivity contribution in [2.75, 3.05) is 31.5 Å². The van der Waals surface area contributed by atoms with Gasteiger partial charge in [-0.2, -0.15) is 0 Å². The van der Waals surface area contributed by atoms with Gasteiger partial charge in [-0.1, -0.05) is 78.9 Å². The van der Waals surface area contributed by atoms with Crippen molar-refractivity contribution in [3.8, 4) is 11.1 Å². The molecule has 0 bridgehead atoms. The summed E-state index contributed by atoms with van der Waals surface area (Å²) in [6.45, 7) is 1.55. The first-order valence-corrected chi connectivity index (χ1v) is 12.5. The van der Waals surface area contributed by atoms with Gasteiger partial charge in [0.15, 0.2) is 0 Å². The second-order valence-electron chi connectivity index (χ2n) is 9.72. The molecule has 3 aromatic carbocycles. The van der Waals surface area contributed by atoms with Crippen molar-refractivity contribution in [3.63, 3.8) is 0 Å². The topological polar surface area (TPSA) is 73.0 Å². The zero-order valence-electron chi connectivity index (χ0n) is 19.9. The van der Waals surface area contributed by atoms with Crippen LogP contribution in [-0.4, -0.2) is 70.8 Å². The predicted molar refractivity (Wildman–Crippen MR) is 137 cm³/mol. The van der Waals surface area contributed by atoms with Gasteiger partial charge in [0.2, 0.25) is 5.91 Å². The molecule has 3 aromatic rings. The molecule has 7 heteroatoms. The fourth-order valence-corrected chi connectivity index (χ4v) is 5.50. The highest BCUT2D eigenvalue weighted by atomic mass is 16.2. The normalized spacial score (nSPS) is 23.5. The number of hydrogen-bond acceptors (Lipinski definition) is 4. The third kappa shape index (κ3) is 4.16. The summed E-state index contributed by atoms with van der Waals surface area (Å²) in [4.78, 5) is 44.4. The second kappa shape index (κ2) is 9.24. The summed E-state index contributed by atoms with van der Waals surface area (Å²) < 4.78 is 0. The molecule has 4 amide bonds. The number of nitrogens with zero attached hydrogens (tertiary/aromatic N) is 3. The van der Waals surface area contributed by atoms with Gasteiger partial charge in [0, 0.05) is 42.8 Å². The van der Waals surface area contributed by atoms with Crippen LogP contribution in [0.15, 0.2) is 84.9 Å². The molecule has 3 aliphatic rings. The molecule has 2 aliphatic heterocycles. The fraction of sp³-hybridized carbons (Fsp3) is 0.276. The minimum atomic E-state index is -0.521. The molecule has 1 unspecified atom stereocenters. The molecule has 6 rings (SSSR count). The lowest BCUT2D eigenvalue weighted by atomic mass is 10.0. The number of imide groups is 1. The highest BCUT2D eigenvalue weighted by Crippen LogP contribution is 2.46. The van der Waals surface area contributed by atoms with Crippen LogP contribution < -0.4 is 5.32 Å².